The van der Waals surface area contributed by atoms with E-state index < -0.39 is 0 Å². The fraction of sp³-hybridized carbons (Fsp3) is 0.500. The number of nitrogens with zero attached hydrogens (tertiary/aromatic N) is 4. The van der Waals surface area contributed by atoms with Gasteiger partial charge in [-0.2, -0.15) is 0 Å². The Labute approximate surface area is 188 Å². The van der Waals surface area contributed by atoms with Crippen LogP contribution >= 0.6 is 11.6 Å². The number of nitrogens with one attached hydrogen (secondary N) is 2. The first kappa shape index (κ1) is 22.9. The van der Waals surface area contributed by atoms with Crippen LogP contribution in [0.25, 0.3) is 0 Å². The molecule has 0 radical (unpaired) electrons. The van der Waals surface area contributed by atoms with Crippen LogP contribution in [0.1, 0.15) is 32.4 Å². The Morgan fingerprint density at radius 1 is 1.16 bits per heavy atom. The van der Waals surface area contributed by atoms with Crippen molar-refractivity contribution in [1.82, 2.24) is 20.5 Å². The van der Waals surface area contributed by atoms with E-state index in [4.69, 9.17) is 16.0 Å². The molecule has 0 saturated carbocycles. The molecule has 0 spiro atoms. The average Bonchev–Trinajstić information content (AvgIpc) is 3.24. The first-order valence-corrected chi connectivity index (χ1v) is 10.8. The molecule has 9 heteroatoms. The zero-order valence-corrected chi connectivity index (χ0v) is 19.4. The lowest BCUT2D eigenvalue weighted by Crippen LogP contribution is -2.52. The molecule has 0 atom stereocenters. The summed E-state index contributed by atoms with van der Waals surface area (Å²) in [5.74, 6) is 1.99. The summed E-state index contributed by atoms with van der Waals surface area (Å²) in [6, 6.07) is 7.79. The highest BCUT2D eigenvalue weighted by atomic mass is 35.5. The van der Waals surface area contributed by atoms with Gasteiger partial charge in [-0.1, -0.05) is 32.4 Å². The van der Waals surface area contributed by atoms with Crippen LogP contribution < -0.4 is 15.5 Å². The van der Waals surface area contributed by atoms with E-state index in [0.717, 1.165) is 29.6 Å². The number of guanidine groups is 1. The molecule has 1 amide bonds. The largest absolute Gasteiger partial charge is 0.443 e. The Morgan fingerprint density at radius 3 is 2.42 bits per heavy atom. The molecule has 1 saturated heterocycles. The smallest absolute Gasteiger partial charge is 0.242 e. The summed E-state index contributed by atoms with van der Waals surface area (Å²) in [6.07, 6.45) is 1.75. The Bertz CT molecular complexity index is 895. The van der Waals surface area contributed by atoms with Crippen molar-refractivity contribution < 1.29 is 9.21 Å². The number of oxazole rings is 1. The first-order valence-electron chi connectivity index (χ1n) is 10.4. The molecule has 1 aliphatic heterocycles. The molecule has 0 unspecified atom stereocenters. The number of carbonyl (C=O) groups is 1. The van der Waals surface area contributed by atoms with Gasteiger partial charge in [0.25, 0.3) is 0 Å². The molecular formula is C22H31ClN6O2. The zero-order chi connectivity index (χ0) is 22.4. The van der Waals surface area contributed by atoms with Crippen LogP contribution in [0, 0.1) is 0 Å². The second-order valence-electron chi connectivity index (χ2n) is 8.49. The number of aliphatic imine (C=N–C) groups is 1. The van der Waals surface area contributed by atoms with E-state index in [1.165, 1.54) is 0 Å². The predicted molar refractivity (Wildman–Crippen MR) is 124 cm³/mol. The molecule has 2 heterocycles. The standard InChI is InChI=1S/C22H31ClN6O2/c1-22(2,3)18-13-25-19(31-18)14-26-21(24-4)27-15-20(30)29-11-9-28(10-12-29)17-7-5-16(23)6-8-17/h5-8,13H,9-12,14-15H2,1-4H3,(H2,24,26,27). The van der Waals surface area contributed by atoms with Crippen molar-refractivity contribution in [2.24, 2.45) is 4.99 Å². The summed E-state index contributed by atoms with van der Waals surface area (Å²) in [7, 11) is 1.67. The fourth-order valence-electron chi connectivity index (χ4n) is 3.26. The molecule has 0 bridgehead atoms. The van der Waals surface area contributed by atoms with Gasteiger partial charge >= 0.3 is 0 Å². The third-order valence-corrected chi connectivity index (χ3v) is 5.41. The number of benzene rings is 1. The minimum absolute atomic E-state index is 0.0462. The molecular weight excluding hydrogens is 416 g/mol. The summed E-state index contributed by atoms with van der Waals surface area (Å²) < 4.78 is 5.77. The molecule has 1 aromatic carbocycles. The summed E-state index contributed by atoms with van der Waals surface area (Å²) in [6.45, 7) is 9.75. The van der Waals surface area contributed by atoms with Gasteiger partial charge in [-0.15, -0.1) is 0 Å². The number of hydrogen-bond donors (Lipinski definition) is 2. The number of aromatic nitrogens is 1. The van der Waals surface area contributed by atoms with Crippen LogP contribution in [0.5, 0.6) is 0 Å². The first-order chi connectivity index (χ1) is 14.8. The van der Waals surface area contributed by atoms with Crippen molar-refractivity contribution in [2.45, 2.75) is 32.7 Å². The van der Waals surface area contributed by atoms with Crippen LogP contribution in [0.15, 0.2) is 39.9 Å². The van der Waals surface area contributed by atoms with Gasteiger partial charge in [0.1, 0.15) is 5.76 Å². The Balaban J connectivity index is 1.42. The van der Waals surface area contributed by atoms with Crippen LogP contribution in [0.2, 0.25) is 5.02 Å². The predicted octanol–water partition coefficient (Wildman–Crippen LogP) is 2.64. The van der Waals surface area contributed by atoms with Gasteiger partial charge in [0, 0.05) is 49.4 Å². The average molecular weight is 447 g/mol. The summed E-state index contributed by atoms with van der Waals surface area (Å²) >= 11 is 5.96. The lowest BCUT2D eigenvalue weighted by atomic mass is 9.94. The zero-order valence-electron chi connectivity index (χ0n) is 18.6. The molecule has 8 nitrogen and oxygen atoms in total. The Hall–Kier alpha value is -2.74. The lowest BCUT2D eigenvalue weighted by Gasteiger charge is -2.36. The Morgan fingerprint density at radius 2 is 1.84 bits per heavy atom. The van der Waals surface area contributed by atoms with E-state index in [-0.39, 0.29) is 17.9 Å². The van der Waals surface area contributed by atoms with Gasteiger partial charge < -0.3 is 24.9 Å². The number of hydrogen-bond acceptors (Lipinski definition) is 5. The summed E-state index contributed by atoms with van der Waals surface area (Å²) in [5, 5.41) is 6.93. The van der Waals surface area contributed by atoms with Gasteiger partial charge in [0.05, 0.1) is 19.3 Å². The van der Waals surface area contributed by atoms with Gasteiger partial charge in [-0.05, 0) is 24.3 Å². The monoisotopic (exact) mass is 446 g/mol. The van der Waals surface area contributed by atoms with Crippen LogP contribution in [-0.2, 0) is 16.8 Å². The van der Waals surface area contributed by atoms with Crippen molar-refractivity contribution in [3.05, 3.63) is 47.1 Å². The van der Waals surface area contributed by atoms with Crippen molar-refractivity contribution in [2.75, 3.05) is 44.7 Å². The molecule has 0 aliphatic carbocycles. The van der Waals surface area contributed by atoms with Crippen molar-refractivity contribution in [1.29, 1.82) is 0 Å². The van der Waals surface area contributed by atoms with Crippen LogP contribution in [0.3, 0.4) is 0 Å². The summed E-state index contributed by atoms with van der Waals surface area (Å²) in [5.41, 5.74) is 1.04. The quantitative estimate of drug-likeness (QED) is 0.542. The maximum atomic E-state index is 12.6. The summed E-state index contributed by atoms with van der Waals surface area (Å²) in [4.78, 5) is 25.2. The van der Waals surface area contributed by atoms with Crippen molar-refractivity contribution in [3.63, 3.8) is 0 Å². The molecule has 1 fully saturated rings. The minimum Gasteiger partial charge on any atom is -0.443 e. The third-order valence-electron chi connectivity index (χ3n) is 5.15. The van der Waals surface area contributed by atoms with E-state index in [9.17, 15) is 4.79 Å². The van der Waals surface area contributed by atoms with Crippen LogP contribution in [-0.4, -0.2) is 61.5 Å². The molecule has 168 valence electrons. The van der Waals surface area contributed by atoms with Gasteiger partial charge in [-0.25, -0.2) is 4.98 Å². The minimum atomic E-state index is -0.0881. The van der Waals surface area contributed by atoms with Gasteiger partial charge in [0.2, 0.25) is 11.8 Å². The second-order valence-corrected chi connectivity index (χ2v) is 8.93. The number of rotatable bonds is 5. The molecule has 31 heavy (non-hydrogen) atoms. The van der Waals surface area contributed by atoms with Gasteiger partial charge in [0.15, 0.2) is 5.96 Å². The third kappa shape index (κ3) is 6.37. The highest BCUT2D eigenvalue weighted by Crippen LogP contribution is 2.22. The van der Waals surface area contributed by atoms with Crippen molar-refractivity contribution >= 4 is 29.2 Å². The molecule has 3 rings (SSSR count). The highest BCUT2D eigenvalue weighted by molar-refractivity contribution is 6.30. The number of carbonyl (C=O) groups excluding carboxylic acids is 1. The number of halogens is 1. The molecule has 2 aromatic rings. The fourth-order valence-corrected chi connectivity index (χ4v) is 3.38. The molecule has 2 N–H and O–H groups in total. The van der Waals surface area contributed by atoms with Crippen LogP contribution in [0.4, 0.5) is 5.69 Å². The number of anilines is 1. The molecule has 1 aromatic heterocycles. The second kappa shape index (κ2) is 10.0. The van der Waals surface area contributed by atoms with Gasteiger partial charge in [-0.3, -0.25) is 9.79 Å². The van der Waals surface area contributed by atoms with E-state index >= 15 is 0 Å². The lowest BCUT2D eigenvalue weighted by molar-refractivity contribution is -0.130. The normalized spacial score (nSPS) is 15.2. The van der Waals surface area contributed by atoms with E-state index in [0.29, 0.717) is 31.5 Å². The highest BCUT2D eigenvalue weighted by Gasteiger charge is 2.22. The number of piperazine rings is 1. The SMILES string of the molecule is CN=C(NCC(=O)N1CCN(c2ccc(Cl)cc2)CC1)NCc1ncc(C(C)(C)C)o1. The van der Waals surface area contributed by atoms with E-state index in [1.54, 1.807) is 13.2 Å². The van der Waals surface area contributed by atoms with Crippen molar-refractivity contribution in [3.8, 4) is 0 Å². The number of amides is 1. The maximum absolute atomic E-state index is 12.6. The molecule has 1 aliphatic rings. The maximum Gasteiger partial charge on any atom is 0.242 e. The Kier molecular flexibility index (Phi) is 7.43. The van der Waals surface area contributed by atoms with E-state index in [1.807, 2.05) is 29.2 Å². The van der Waals surface area contributed by atoms with E-state index in [2.05, 4.69) is 46.3 Å². The topological polar surface area (TPSA) is 86.0 Å².